The summed E-state index contributed by atoms with van der Waals surface area (Å²) in [6.07, 6.45) is 1.61. The van der Waals surface area contributed by atoms with Crippen molar-refractivity contribution in [2.45, 2.75) is 0 Å². The number of rotatable bonds is 3. The van der Waals surface area contributed by atoms with Crippen molar-refractivity contribution in [3.8, 4) is 11.9 Å². The van der Waals surface area contributed by atoms with Gasteiger partial charge < -0.3 is 19.5 Å². The van der Waals surface area contributed by atoms with E-state index in [9.17, 15) is 0 Å². The highest BCUT2D eigenvalue weighted by atomic mass is 16.6. The lowest BCUT2D eigenvalue weighted by Gasteiger charge is -2.09. The summed E-state index contributed by atoms with van der Waals surface area (Å²) in [7, 11) is 1.55. The fourth-order valence-corrected chi connectivity index (χ4v) is 1.71. The van der Waals surface area contributed by atoms with Gasteiger partial charge in [0.15, 0.2) is 0 Å². The van der Waals surface area contributed by atoms with Crippen molar-refractivity contribution in [2.75, 3.05) is 38.9 Å². The van der Waals surface area contributed by atoms with Crippen LogP contribution in [-0.2, 0) is 9.47 Å². The van der Waals surface area contributed by atoms with E-state index >= 15 is 0 Å². The van der Waals surface area contributed by atoms with Gasteiger partial charge in [-0.05, 0) is 24.3 Å². The van der Waals surface area contributed by atoms with Crippen molar-refractivity contribution in [3.63, 3.8) is 0 Å². The molecule has 0 spiro atoms. The van der Waals surface area contributed by atoms with Crippen molar-refractivity contribution in [1.29, 1.82) is 5.26 Å². The maximum absolute atomic E-state index is 8.67. The molecule has 2 aromatic rings. The number of methoxy groups -OCH3 is 1. The standard InChI is InChI=1S/C12H10N4O.C4H8O2/c1-17-11-6-7-14-12(16-11)15-10-4-2-9(8-13)3-5-10;1-2-6-4-3-5-1/h2-7H,1H3,(H,14,15,16);1-4H2. The van der Waals surface area contributed by atoms with E-state index in [2.05, 4.69) is 21.4 Å². The summed E-state index contributed by atoms with van der Waals surface area (Å²) in [4.78, 5) is 8.18. The minimum Gasteiger partial charge on any atom is -0.481 e. The van der Waals surface area contributed by atoms with Crippen LogP contribution in [0.2, 0.25) is 0 Å². The first-order chi connectivity index (χ1) is 11.3. The van der Waals surface area contributed by atoms with Crippen molar-refractivity contribution >= 4 is 11.6 Å². The summed E-state index contributed by atoms with van der Waals surface area (Å²) in [6.45, 7) is 3.11. The van der Waals surface area contributed by atoms with Crippen LogP contribution in [-0.4, -0.2) is 43.5 Å². The van der Waals surface area contributed by atoms with Crippen LogP contribution in [0.5, 0.6) is 5.88 Å². The zero-order chi connectivity index (χ0) is 16.3. The summed E-state index contributed by atoms with van der Waals surface area (Å²) in [6, 6.07) is 10.8. The molecule has 0 saturated carbocycles. The van der Waals surface area contributed by atoms with Crippen molar-refractivity contribution in [3.05, 3.63) is 42.1 Å². The van der Waals surface area contributed by atoms with Gasteiger partial charge in [-0.25, -0.2) is 4.98 Å². The summed E-state index contributed by atoms with van der Waals surface area (Å²) < 4.78 is 14.9. The van der Waals surface area contributed by atoms with Crippen LogP contribution in [0.15, 0.2) is 36.5 Å². The van der Waals surface area contributed by atoms with Crippen LogP contribution in [0.4, 0.5) is 11.6 Å². The lowest BCUT2D eigenvalue weighted by Crippen LogP contribution is -2.16. The Morgan fingerprint density at radius 1 is 1.09 bits per heavy atom. The number of anilines is 2. The average Bonchev–Trinajstić information content (AvgIpc) is 2.64. The third-order valence-electron chi connectivity index (χ3n) is 2.85. The van der Waals surface area contributed by atoms with Crippen LogP contribution >= 0.6 is 0 Å². The molecule has 7 heteroatoms. The molecule has 23 heavy (non-hydrogen) atoms. The lowest BCUT2D eigenvalue weighted by atomic mass is 10.2. The van der Waals surface area contributed by atoms with Gasteiger partial charge in [-0.2, -0.15) is 10.2 Å². The number of benzene rings is 1. The minimum absolute atomic E-state index is 0.453. The fraction of sp³-hybridized carbons (Fsp3) is 0.312. The zero-order valence-electron chi connectivity index (χ0n) is 12.9. The normalized spacial score (nSPS) is 13.2. The van der Waals surface area contributed by atoms with Gasteiger partial charge in [0.05, 0.1) is 45.2 Å². The van der Waals surface area contributed by atoms with Crippen LogP contribution < -0.4 is 10.1 Å². The second-order valence-electron chi connectivity index (χ2n) is 4.46. The minimum atomic E-state index is 0.453. The third kappa shape index (κ3) is 5.90. The molecule has 0 unspecified atom stereocenters. The fourth-order valence-electron chi connectivity index (χ4n) is 1.71. The Balaban J connectivity index is 0.000000268. The molecule has 0 radical (unpaired) electrons. The van der Waals surface area contributed by atoms with Crippen LogP contribution in [0.25, 0.3) is 0 Å². The highest BCUT2D eigenvalue weighted by Crippen LogP contribution is 2.15. The van der Waals surface area contributed by atoms with Crippen LogP contribution in [0.3, 0.4) is 0 Å². The third-order valence-corrected chi connectivity index (χ3v) is 2.85. The highest BCUT2D eigenvalue weighted by Gasteiger charge is 2.00. The van der Waals surface area contributed by atoms with Gasteiger partial charge in [0.1, 0.15) is 0 Å². The molecule has 120 valence electrons. The number of hydrogen-bond acceptors (Lipinski definition) is 7. The Labute approximate surface area is 134 Å². The molecule has 1 aromatic heterocycles. The second kappa shape index (κ2) is 9.35. The van der Waals surface area contributed by atoms with Crippen molar-refractivity contribution < 1.29 is 14.2 Å². The molecule has 1 saturated heterocycles. The van der Waals surface area contributed by atoms with E-state index in [1.54, 1.807) is 43.6 Å². The summed E-state index contributed by atoms with van der Waals surface area (Å²) in [5.74, 6) is 0.949. The molecular formula is C16H18N4O3. The number of nitrogens with zero attached hydrogens (tertiary/aromatic N) is 3. The van der Waals surface area contributed by atoms with E-state index in [4.69, 9.17) is 19.5 Å². The molecule has 0 amide bonds. The molecule has 2 heterocycles. The van der Waals surface area contributed by atoms with Crippen LogP contribution in [0.1, 0.15) is 5.56 Å². The van der Waals surface area contributed by atoms with Crippen molar-refractivity contribution in [1.82, 2.24) is 9.97 Å². The van der Waals surface area contributed by atoms with E-state index in [0.717, 1.165) is 32.1 Å². The van der Waals surface area contributed by atoms with Crippen molar-refractivity contribution in [2.24, 2.45) is 0 Å². The molecule has 0 aliphatic carbocycles. The lowest BCUT2D eigenvalue weighted by molar-refractivity contribution is -0.0334. The Kier molecular flexibility index (Phi) is 6.78. The number of nitriles is 1. The van der Waals surface area contributed by atoms with Gasteiger partial charge in [0.2, 0.25) is 11.8 Å². The maximum atomic E-state index is 8.67. The number of ether oxygens (including phenoxy) is 3. The Morgan fingerprint density at radius 3 is 2.26 bits per heavy atom. The summed E-state index contributed by atoms with van der Waals surface area (Å²) >= 11 is 0. The smallest absolute Gasteiger partial charge is 0.230 e. The maximum Gasteiger partial charge on any atom is 0.230 e. The first-order valence-corrected chi connectivity index (χ1v) is 7.11. The molecule has 1 aliphatic rings. The van der Waals surface area contributed by atoms with Gasteiger partial charge in [-0.1, -0.05) is 0 Å². The highest BCUT2D eigenvalue weighted by molar-refractivity contribution is 5.54. The number of aromatic nitrogens is 2. The van der Waals surface area contributed by atoms with E-state index in [1.807, 2.05) is 0 Å². The molecule has 1 N–H and O–H groups in total. The molecule has 1 aromatic carbocycles. The second-order valence-corrected chi connectivity index (χ2v) is 4.46. The molecule has 0 atom stereocenters. The van der Waals surface area contributed by atoms with E-state index < -0.39 is 0 Å². The van der Waals surface area contributed by atoms with E-state index in [-0.39, 0.29) is 0 Å². The summed E-state index contributed by atoms with van der Waals surface area (Å²) in [5, 5.41) is 11.7. The van der Waals surface area contributed by atoms with Gasteiger partial charge >= 0.3 is 0 Å². The Hall–Kier alpha value is -2.69. The first kappa shape index (κ1) is 16.7. The molecule has 0 bridgehead atoms. The molecule has 7 nitrogen and oxygen atoms in total. The molecule has 1 fully saturated rings. The molecule has 1 aliphatic heterocycles. The molecule has 3 rings (SSSR count). The predicted molar refractivity (Wildman–Crippen MR) is 84.7 cm³/mol. The van der Waals surface area contributed by atoms with Crippen LogP contribution in [0, 0.1) is 11.3 Å². The molecular weight excluding hydrogens is 296 g/mol. The Bertz CT molecular complexity index is 625. The first-order valence-electron chi connectivity index (χ1n) is 7.11. The topological polar surface area (TPSA) is 89.3 Å². The van der Waals surface area contributed by atoms with Gasteiger partial charge in [0, 0.05) is 18.0 Å². The SMILES string of the molecule is C1COCCO1.COc1ccnc(Nc2ccc(C#N)cc2)n1. The van der Waals surface area contributed by atoms with Gasteiger partial charge in [-0.15, -0.1) is 0 Å². The predicted octanol–water partition coefficient (Wildman–Crippen LogP) is 2.13. The number of nitrogens with one attached hydrogen (secondary N) is 1. The van der Waals surface area contributed by atoms with Gasteiger partial charge in [-0.3, -0.25) is 0 Å². The number of hydrogen-bond donors (Lipinski definition) is 1. The summed E-state index contributed by atoms with van der Waals surface area (Å²) in [5.41, 5.74) is 1.43. The monoisotopic (exact) mass is 314 g/mol. The quantitative estimate of drug-likeness (QED) is 0.928. The Morgan fingerprint density at radius 2 is 1.74 bits per heavy atom. The average molecular weight is 314 g/mol. The van der Waals surface area contributed by atoms with Gasteiger partial charge in [0.25, 0.3) is 0 Å². The van der Waals surface area contributed by atoms with E-state index in [0.29, 0.717) is 17.4 Å². The zero-order valence-corrected chi connectivity index (χ0v) is 12.9. The van der Waals surface area contributed by atoms with E-state index in [1.165, 1.54) is 0 Å². The largest absolute Gasteiger partial charge is 0.481 e.